The molecule has 2 rings (SSSR count). The average molecular weight is 272 g/mol. The van der Waals surface area contributed by atoms with Crippen LogP contribution in [0.1, 0.15) is 23.8 Å². The van der Waals surface area contributed by atoms with Gasteiger partial charge in [0.2, 0.25) is 0 Å². The van der Waals surface area contributed by atoms with Crippen molar-refractivity contribution in [2.75, 3.05) is 6.54 Å². The minimum atomic E-state index is 0.729. The van der Waals surface area contributed by atoms with E-state index in [-0.39, 0.29) is 0 Å². The fourth-order valence-electron chi connectivity index (χ4n) is 1.71. The normalized spacial score (nSPS) is 10.3. The van der Waals surface area contributed by atoms with Crippen LogP contribution in [0.15, 0.2) is 45.9 Å². The second-order valence-electron chi connectivity index (χ2n) is 4.09. The van der Waals surface area contributed by atoms with Gasteiger partial charge in [-0.3, -0.25) is 0 Å². The van der Waals surface area contributed by atoms with E-state index in [0.29, 0.717) is 0 Å². The Morgan fingerprint density at radius 3 is 2.95 bits per heavy atom. The smallest absolute Gasteiger partial charge is 0.113 e. The molecule has 0 saturated heterocycles. The number of thioether (sulfide) groups is 1. The Bertz CT molecular complexity index is 558. The minimum Gasteiger partial charge on any atom is -0.468 e. The minimum absolute atomic E-state index is 0.729. The van der Waals surface area contributed by atoms with Gasteiger partial charge in [-0.15, -0.1) is 11.8 Å². The average Bonchev–Trinajstić information content (AvgIpc) is 2.96. The van der Waals surface area contributed by atoms with Crippen molar-refractivity contribution >= 4 is 11.8 Å². The number of benzene rings is 1. The maximum absolute atomic E-state index is 9.22. The zero-order chi connectivity index (χ0) is 13.5. The van der Waals surface area contributed by atoms with E-state index < -0.39 is 0 Å². The number of furan rings is 1. The lowest BCUT2D eigenvalue weighted by Gasteiger charge is -2.06. The predicted octanol–water partition coefficient (Wildman–Crippen LogP) is 3.55. The van der Waals surface area contributed by atoms with Gasteiger partial charge >= 0.3 is 0 Å². The lowest BCUT2D eigenvalue weighted by molar-refractivity contribution is 0.530. The summed E-state index contributed by atoms with van der Waals surface area (Å²) in [6.45, 7) is 3.80. The summed E-state index contributed by atoms with van der Waals surface area (Å²) in [6.07, 6.45) is 1.67. The molecule has 1 N–H and O–H groups in total. The Hall–Kier alpha value is -1.70. The zero-order valence-corrected chi connectivity index (χ0v) is 11.7. The molecule has 1 aromatic heterocycles. The highest BCUT2D eigenvalue weighted by Crippen LogP contribution is 2.27. The van der Waals surface area contributed by atoms with E-state index in [4.69, 9.17) is 4.42 Å². The standard InChI is InChI=1S/C15H16N2OS/c1-2-17-10-12-5-6-15(13(8-12)9-16)19-11-14-4-3-7-18-14/h3-8,17H,2,10-11H2,1H3. The van der Waals surface area contributed by atoms with E-state index in [1.807, 2.05) is 24.3 Å². The van der Waals surface area contributed by atoms with Crippen molar-refractivity contribution in [2.24, 2.45) is 0 Å². The summed E-state index contributed by atoms with van der Waals surface area (Å²) in [6, 6.07) is 12.1. The largest absolute Gasteiger partial charge is 0.468 e. The molecule has 0 atom stereocenters. The molecule has 19 heavy (non-hydrogen) atoms. The summed E-state index contributed by atoms with van der Waals surface area (Å²) in [5.41, 5.74) is 1.87. The van der Waals surface area contributed by atoms with E-state index in [2.05, 4.69) is 24.4 Å². The highest BCUT2D eigenvalue weighted by atomic mass is 32.2. The summed E-state index contributed by atoms with van der Waals surface area (Å²) in [7, 11) is 0. The second-order valence-corrected chi connectivity index (χ2v) is 5.11. The number of hydrogen-bond donors (Lipinski definition) is 1. The molecule has 2 aromatic rings. The number of nitriles is 1. The molecular formula is C15H16N2OS. The molecule has 3 nitrogen and oxygen atoms in total. The molecule has 0 aliphatic heterocycles. The van der Waals surface area contributed by atoms with E-state index in [1.54, 1.807) is 18.0 Å². The van der Waals surface area contributed by atoms with Crippen LogP contribution >= 0.6 is 11.8 Å². The van der Waals surface area contributed by atoms with Gasteiger partial charge in [0.1, 0.15) is 11.8 Å². The molecule has 98 valence electrons. The summed E-state index contributed by atoms with van der Waals surface area (Å²) in [5.74, 6) is 1.67. The van der Waals surface area contributed by atoms with Crippen LogP contribution in [-0.2, 0) is 12.3 Å². The first kappa shape index (κ1) is 13.7. The van der Waals surface area contributed by atoms with E-state index in [0.717, 1.165) is 40.6 Å². The van der Waals surface area contributed by atoms with E-state index in [9.17, 15) is 5.26 Å². The molecule has 0 bridgehead atoms. The van der Waals surface area contributed by atoms with Crippen LogP contribution in [0.5, 0.6) is 0 Å². The molecule has 0 spiro atoms. The van der Waals surface area contributed by atoms with E-state index in [1.165, 1.54) is 0 Å². The number of rotatable bonds is 6. The first-order chi connectivity index (χ1) is 9.33. The Labute approximate surface area is 117 Å². The van der Waals surface area contributed by atoms with Crippen molar-refractivity contribution in [1.29, 1.82) is 5.26 Å². The predicted molar refractivity (Wildman–Crippen MR) is 76.8 cm³/mol. The summed E-state index contributed by atoms with van der Waals surface area (Å²) < 4.78 is 5.29. The van der Waals surface area contributed by atoms with Gasteiger partial charge in [0, 0.05) is 11.4 Å². The first-order valence-corrected chi connectivity index (χ1v) is 7.21. The first-order valence-electron chi connectivity index (χ1n) is 6.22. The lowest BCUT2D eigenvalue weighted by Crippen LogP contribution is -2.11. The number of hydrogen-bond acceptors (Lipinski definition) is 4. The summed E-state index contributed by atoms with van der Waals surface area (Å²) in [4.78, 5) is 0.999. The van der Waals surface area contributed by atoms with Crippen molar-refractivity contribution < 1.29 is 4.42 Å². The third-order valence-corrected chi connectivity index (χ3v) is 3.79. The van der Waals surface area contributed by atoms with Crippen molar-refractivity contribution in [3.63, 3.8) is 0 Å². The Kier molecular flexibility index (Phi) is 5.08. The molecule has 0 unspecified atom stereocenters. The molecule has 0 saturated carbocycles. The molecule has 0 aliphatic rings. The van der Waals surface area contributed by atoms with Crippen molar-refractivity contribution in [3.05, 3.63) is 53.5 Å². The van der Waals surface area contributed by atoms with Crippen LogP contribution in [0, 0.1) is 11.3 Å². The fraction of sp³-hybridized carbons (Fsp3) is 0.267. The van der Waals surface area contributed by atoms with Gasteiger partial charge in [-0.25, -0.2) is 0 Å². The number of nitrogens with zero attached hydrogens (tertiary/aromatic N) is 1. The van der Waals surface area contributed by atoms with Crippen molar-refractivity contribution in [1.82, 2.24) is 5.32 Å². The summed E-state index contributed by atoms with van der Waals surface area (Å²) >= 11 is 1.63. The highest BCUT2D eigenvalue weighted by Gasteiger charge is 2.06. The van der Waals surface area contributed by atoms with Crippen LogP contribution in [0.4, 0.5) is 0 Å². The third kappa shape index (κ3) is 3.88. The molecule has 0 radical (unpaired) electrons. The Balaban J connectivity index is 2.06. The van der Waals surface area contributed by atoms with Gasteiger partial charge in [-0.05, 0) is 36.4 Å². The third-order valence-electron chi connectivity index (χ3n) is 2.69. The molecule has 0 fully saturated rings. The van der Waals surface area contributed by atoms with Gasteiger partial charge in [0.25, 0.3) is 0 Å². The van der Waals surface area contributed by atoms with E-state index >= 15 is 0 Å². The molecular weight excluding hydrogens is 256 g/mol. The van der Waals surface area contributed by atoms with Gasteiger partial charge < -0.3 is 9.73 Å². The van der Waals surface area contributed by atoms with Crippen LogP contribution < -0.4 is 5.32 Å². The van der Waals surface area contributed by atoms with Gasteiger partial charge in [0.05, 0.1) is 17.6 Å². The van der Waals surface area contributed by atoms with Crippen LogP contribution in [0.2, 0.25) is 0 Å². The van der Waals surface area contributed by atoms with Crippen molar-refractivity contribution in [3.8, 4) is 6.07 Å². The van der Waals surface area contributed by atoms with Gasteiger partial charge in [-0.1, -0.05) is 13.0 Å². The van der Waals surface area contributed by atoms with Crippen LogP contribution in [0.25, 0.3) is 0 Å². The lowest BCUT2D eigenvalue weighted by atomic mass is 10.1. The highest BCUT2D eigenvalue weighted by molar-refractivity contribution is 7.98. The Morgan fingerprint density at radius 2 is 2.26 bits per heavy atom. The number of nitrogens with one attached hydrogen (secondary N) is 1. The molecule has 1 aromatic carbocycles. The zero-order valence-electron chi connectivity index (χ0n) is 10.8. The molecule has 1 heterocycles. The fourth-order valence-corrected chi connectivity index (χ4v) is 2.60. The Morgan fingerprint density at radius 1 is 1.37 bits per heavy atom. The quantitative estimate of drug-likeness (QED) is 0.817. The second kappa shape index (κ2) is 7.03. The van der Waals surface area contributed by atoms with Crippen molar-refractivity contribution in [2.45, 2.75) is 24.1 Å². The summed E-state index contributed by atoms with van der Waals surface area (Å²) in [5, 5.41) is 12.5. The molecule has 0 amide bonds. The maximum atomic E-state index is 9.22. The van der Waals surface area contributed by atoms with Crippen LogP contribution in [0.3, 0.4) is 0 Å². The van der Waals surface area contributed by atoms with Gasteiger partial charge in [0.15, 0.2) is 0 Å². The topological polar surface area (TPSA) is 49.0 Å². The van der Waals surface area contributed by atoms with Gasteiger partial charge in [-0.2, -0.15) is 5.26 Å². The monoisotopic (exact) mass is 272 g/mol. The molecule has 0 aliphatic carbocycles. The molecule has 4 heteroatoms. The SMILES string of the molecule is CCNCc1ccc(SCc2ccco2)c(C#N)c1. The maximum Gasteiger partial charge on any atom is 0.113 e. The van der Waals surface area contributed by atoms with Crippen LogP contribution in [-0.4, -0.2) is 6.54 Å².